The lowest BCUT2D eigenvalue weighted by atomic mass is 9.97. The maximum absolute atomic E-state index is 12.8. The molecule has 1 aromatic carbocycles. The average Bonchev–Trinajstić information content (AvgIpc) is 2.92. The van der Waals surface area contributed by atoms with Crippen LogP contribution in [0.15, 0.2) is 16.6 Å². The normalized spacial score (nSPS) is 16.2. The van der Waals surface area contributed by atoms with Gasteiger partial charge in [0.25, 0.3) is 0 Å². The molecule has 0 unspecified atom stereocenters. The average molecular weight is 370 g/mol. The van der Waals surface area contributed by atoms with Gasteiger partial charge in [0.2, 0.25) is 5.91 Å². The summed E-state index contributed by atoms with van der Waals surface area (Å²) >= 11 is 0. The van der Waals surface area contributed by atoms with E-state index in [0.717, 1.165) is 70.7 Å². The first-order chi connectivity index (χ1) is 12.8. The third-order valence-electron chi connectivity index (χ3n) is 5.80. The Labute approximate surface area is 162 Å². The van der Waals surface area contributed by atoms with Gasteiger partial charge in [0, 0.05) is 35.7 Å². The third-order valence-corrected chi connectivity index (χ3v) is 5.80. The van der Waals surface area contributed by atoms with E-state index in [0.29, 0.717) is 12.5 Å². The van der Waals surface area contributed by atoms with E-state index in [2.05, 4.69) is 19.9 Å². The first-order valence-electron chi connectivity index (χ1n) is 9.97. The highest BCUT2D eigenvalue weighted by atomic mass is 16.5. The summed E-state index contributed by atoms with van der Waals surface area (Å²) in [5.41, 5.74) is 4.92. The number of hydrogen-bond donors (Lipinski definition) is 0. The van der Waals surface area contributed by atoms with Crippen LogP contribution in [0.2, 0.25) is 0 Å². The molecule has 0 atom stereocenters. The molecule has 2 aromatic rings. The zero-order chi connectivity index (χ0) is 19.7. The molecule has 0 saturated carbocycles. The Bertz CT molecular complexity index is 883. The minimum Gasteiger partial charge on any atom is -0.493 e. The monoisotopic (exact) mass is 369 g/mol. The minimum absolute atomic E-state index is 0.0969. The first kappa shape index (κ1) is 19.5. The molecular weight excluding hydrogens is 338 g/mol. The van der Waals surface area contributed by atoms with Gasteiger partial charge in [0.05, 0.1) is 6.61 Å². The summed E-state index contributed by atoms with van der Waals surface area (Å²) < 4.78 is 11.9. The standard InChI is InChI=1S/C23H31NO3/c1-7-26-22-17(5)23-20(16(4)18(6)27-23)13-19(22)15(3)12-21(25)24-10-8-14(2)9-11-24/h12-14H,7-11H2,1-6H3/b15-12+. The Morgan fingerprint density at radius 1 is 1.26 bits per heavy atom. The van der Waals surface area contributed by atoms with Gasteiger partial charge >= 0.3 is 0 Å². The van der Waals surface area contributed by atoms with Crippen LogP contribution in [0.4, 0.5) is 0 Å². The highest BCUT2D eigenvalue weighted by molar-refractivity contribution is 5.98. The second kappa shape index (κ2) is 7.79. The van der Waals surface area contributed by atoms with Crippen LogP contribution in [0.5, 0.6) is 5.75 Å². The van der Waals surface area contributed by atoms with Gasteiger partial charge in [-0.25, -0.2) is 0 Å². The van der Waals surface area contributed by atoms with Crippen molar-refractivity contribution in [3.8, 4) is 5.75 Å². The number of rotatable bonds is 4. The fourth-order valence-corrected chi connectivity index (χ4v) is 3.82. The molecule has 1 aliphatic heterocycles. The number of piperidine rings is 1. The summed E-state index contributed by atoms with van der Waals surface area (Å²) in [6, 6.07) is 2.11. The number of carbonyl (C=O) groups is 1. The molecule has 4 nitrogen and oxygen atoms in total. The van der Waals surface area contributed by atoms with Crippen LogP contribution in [-0.4, -0.2) is 30.5 Å². The Morgan fingerprint density at radius 2 is 1.93 bits per heavy atom. The molecule has 1 aromatic heterocycles. The zero-order valence-electron chi connectivity index (χ0n) is 17.4. The number of nitrogens with zero attached hydrogens (tertiary/aromatic N) is 1. The Balaban J connectivity index is 2.02. The van der Waals surface area contributed by atoms with E-state index < -0.39 is 0 Å². The van der Waals surface area contributed by atoms with Crippen LogP contribution in [-0.2, 0) is 4.79 Å². The molecule has 27 heavy (non-hydrogen) atoms. The number of fused-ring (bicyclic) bond motifs is 1. The highest BCUT2D eigenvalue weighted by Gasteiger charge is 2.21. The van der Waals surface area contributed by atoms with Gasteiger partial charge in [0.15, 0.2) is 0 Å². The molecule has 0 bridgehead atoms. The van der Waals surface area contributed by atoms with E-state index in [1.807, 2.05) is 32.6 Å². The maximum atomic E-state index is 12.8. The first-order valence-corrected chi connectivity index (χ1v) is 9.97. The van der Waals surface area contributed by atoms with E-state index in [9.17, 15) is 4.79 Å². The Kier molecular flexibility index (Phi) is 5.64. The van der Waals surface area contributed by atoms with Gasteiger partial charge in [-0.05, 0) is 70.6 Å². The molecule has 0 aliphatic carbocycles. The molecular formula is C23H31NO3. The van der Waals surface area contributed by atoms with Gasteiger partial charge in [0.1, 0.15) is 17.1 Å². The smallest absolute Gasteiger partial charge is 0.246 e. The summed E-state index contributed by atoms with van der Waals surface area (Å²) in [6.07, 6.45) is 3.93. The zero-order valence-corrected chi connectivity index (χ0v) is 17.4. The summed E-state index contributed by atoms with van der Waals surface area (Å²) in [4.78, 5) is 14.7. The van der Waals surface area contributed by atoms with Gasteiger partial charge in [-0.2, -0.15) is 0 Å². The molecule has 3 rings (SSSR count). The summed E-state index contributed by atoms with van der Waals surface area (Å²) in [7, 11) is 0. The fourth-order valence-electron chi connectivity index (χ4n) is 3.82. The van der Waals surface area contributed by atoms with Crippen LogP contribution < -0.4 is 4.74 Å². The van der Waals surface area contributed by atoms with Crippen molar-refractivity contribution in [2.75, 3.05) is 19.7 Å². The number of furan rings is 1. The summed E-state index contributed by atoms with van der Waals surface area (Å²) in [5.74, 6) is 2.54. The quantitative estimate of drug-likeness (QED) is 0.676. The lowest BCUT2D eigenvalue weighted by Crippen LogP contribution is -2.36. The van der Waals surface area contributed by atoms with Gasteiger partial charge in [-0.1, -0.05) is 6.92 Å². The number of ether oxygens (including phenoxy) is 1. The number of aryl methyl sites for hydroxylation is 3. The topological polar surface area (TPSA) is 42.7 Å². The predicted octanol–water partition coefficient (Wildman–Crippen LogP) is 5.42. The van der Waals surface area contributed by atoms with Crippen molar-refractivity contribution in [2.45, 2.75) is 54.4 Å². The van der Waals surface area contributed by atoms with E-state index in [1.165, 1.54) is 0 Å². The molecule has 146 valence electrons. The van der Waals surface area contributed by atoms with Crippen molar-refractivity contribution in [3.63, 3.8) is 0 Å². The molecule has 2 heterocycles. The Hall–Kier alpha value is -2.23. The van der Waals surface area contributed by atoms with Crippen LogP contribution in [0, 0.1) is 26.7 Å². The lowest BCUT2D eigenvalue weighted by molar-refractivity contribution is -0.127. The largest absolute Gasteiger partial charge is 0.493 e. The van der Waals surface area contributed by atoms with Crippen molar-refractivity contribution in [1.82, 2.24) is 4.90 Å². The minimum atomic E-state index is 0.0969. The predicted molar refractivity (Wildman–Crippen MR) is 110 cm³/mol. The van der Waals surface area contributed by atoms with Crippen LogP contribution in [0.25, 0.3) is 16.5 Å². The molecule has 0 radical (unpaired) electrons. The summed E-state index contributed by atoms with van der Waals surface area (Å²) in [5, 5.41) is 1.09. The molecule has 1 amide bonds. The van der Waals surface area contributed by atoms with Crippen molar-refractivity contribution in [3.05, 3.63) is 34.6 Å². The van der Waals surface area contributed by atoms with Crippen molar-refractivity contribution < 1.29 is 13.9 Å². The van der Waals surface area contributed by atoms with Crippen molar-refractivity contribution >= 4 is 22.4 Å². The Morgan fingerprint density at radius 3 is 2.56 bits per heavy atom. The lowest BCUT2D eigenvalue weighted by Gasteiger charge is -2.29. The van der Waals surface area contributed by atoms with Gasteiger partial charge in [-0.15, -0.1) is 0 Å². The third kappa shape index (κ3) is 3.76. The highest BCUT2D eigenvalue weighted by Crippen LogP contribution is 2.39. The van der Waals surface area contributed by atoms with E-state index in [1.54, 1.807) is 6.08 Å². The molecule has 1 fully saturated rings. The van der Waals surface area contributed by atoms with E-state index in [-0.39, 0.29) is 5.91 Å². The van der Waals surface area contributed by atoms with E-state index >= 15 is 0 Å². The van der Waals surface area contributed by atoms with Gasteiger partial charge in [-0.3, -0.25) is 4.79 Å². The molecule has 4 heteroatoms. The second-order valence-electron chi connectivity index (χ2n) is 7.81. The number of likely N-dealkylation sites (tertiary alicyclic amines) is 1. The van der Waals surface area contributed by atoms with Gasteiger partial charge < -0.3 is 14.1 Å². The molecule has 0 N–H and O–H groups in total. The molecule has 1 saturated heterocycles. The molecule has 1 aliphatic rings. The van der Waals surface area contributed by atoms with Crippen molar-refractivity contribution in [1.29, 1.82) is 0 Å². The van der Waals surface area contributed by atoms with Crippen molar-refractivity contribution in [2.24, 2.45) is 5.92 Å². The molecule has 0 spiro atoms. The number of allylic oxidation sites excluding steroid dienone is 1. The van der Waals surface area contributed by atoms with Crippen LogP contribution >= 0.6 is 0 Å². The second-order valence-corrected chi connectivity index (χ2v) is 7.81. The number of hydrogen-bond acceptors (Lipinski definition) is 3. The fraction of sp³-hybridized carbons (Fsp3) is 0.522. The SMILES string of the molecule is CCOc1c(/C(C)=C/C(=O)N2CCC(C)CC2)cc2c(C)c(C)oc2c1C. The number of carbonyl (C=O) groups excluding carboxylic acids is 1. The van der Waals surface area contributed by atoms with E-state index in [4.69, 9.17) is 9.15 Å². The van der Waals surface area contributed by atoms with Crippen LogP contribution in [0.3, 0.4) is 0 Å². The number of amides is 1. The maximum Gasteiger partial charge on any atom is 0.246 e. The summed E-state index contributed by atoms with van der Waals surface area (Å²) in [6.45, 7) is 14.6. The van der Waals surface area contributed by atoms with Crippen LogP contribution in [0.1, 0.15) is 56.1 Å². The number of benzene rings is 1.